The summed E-state index contributed by atoms with van der Waals surface area (Å²) in [5, 5.41) is 5.49. The van der Waals surface area contributed by atoms with Crippen molar-refractivity contribution < 1.29 is 23.5 Å². The van der Waals surface area contributed by atoms with Crippen LogP contribution in [0, 0.1) is 12.7 Å². The molecule has 0 fully saturated rings. The van der Waals surface area contributed by atoms with E-state index in [1.54, 1.807) is 25.1 Å². The number of methoxy groups -OCH3 is 1. The highest BCUT2D eigenvalue weighted by atomic mass is 35.5. The summed E-state index contributed by atoms with van der Waals surface area (Å²) in [5.41, 5.74) is 1.85. The van der Waals surface area contributed by atoms with Crippen molar-refractivity contribution in [3.05, 3.63) is 52.8 Å². The summed E-state index contributed by atoms with van der Waals surface area (Å²) < 4.78 is 23.4. The van der Waals surface area contributed by atoms with E-state index in [0.29, 0.717) is 11.4 Å². The molecular formula is C19H20ClFN2O4. The van der Waals surface area contributed by atoms with Crippen LogP contribution in [0.3, 0.4) is 0 Å². The summed E-state index contributed by atoms with van der Waals surface area (Å²) in [6.07, 6.45) is -0.876. The zero-order valence-corrected chi connectivity index (χ0v) is 15.9. The number of hydrogen-bond donors (Lipinski definition) is 2. The van der Waals surface area contributed by atoms with Gasteiger partial charge < -0.3 is 20.1 Å². The van der Waals surface area contributed by atoms with E-state index in [1.165, 1.54) is 19.2 Å². The quantitative estimate of drug-likeness (QED) is 0.749. The molecular weight excluding hydrogens is 375 g/mol. The van der Waals surface area contributed by atoms with Crippen molar-refractivity contribution in [1.82, 2.24) is 0 Å². The minimum absolute atomic E-state index is 0.0706. The number of benzene rings is 2. The van der Waals surface area contributed by atoms with E-state index >= 15 is 0 Å². The van der Waals surface area contributed by atoms with Crippen LogP contribution in [0.15, 0.2) is 36.4 Å². The van der Waals surface area contributed by atoms with Crippen LogP contribution in [-0.4, -0.2) is 31.6 Å². The van der Waals surface area contributed by atoms with E-state index in [9.17, 15) is 14.0 Å². The van der Waals surface area contributed by atoms with Gasteiger partial charge in [-0.15, -0.1) is 0 Å². The lowest BCUT2D eigenvalue weighted by atomic mass is 10.1. The van der Waals surface area contributed by atoms with E-state index in [-0.39, 0.29) is 23.3 Å². The molecule has 8 heteroatoms. The third-order valence-electron chi connectivity index (χ3n) is 3.62. The Morgan fingerprint density at radius 3 is 2.59 bits per heavy atom. The van der Waals surface area contributed by atoms with Crippen LogP contribution in [0.1, 0.15) is 12.5 Å². The molecule has 0 heterocycles. The Labute approximate surface area is 161 Å². The number of carbonyl (C=O) groups is 2. The van der Waals surface area contributed by atoms with Gasteiger partial charge in [0.15, 0.2) is 6.10 Å². The van der Waals surface area contributed by atoms with E-state index in [2.05, 4.69) is 10.6 Å². The SMILES string of the molecule is COCC(=O)Nc1ccc(C)c(NC(=O)C(C)Oc2ccc(F)cc2Cl)c1. The van der Waals surface area contributed by atoms with E-state index < -0.39 is 17.8 Å². The smallest absolute Gasteiger partial charge is 0.265 e. The summed E-state index contributed by atoms with van der Waals surface area (Å²) in [5.74, 6) is -1.01. The Bertz CT molecular complexity index is 844. The van der Waals surface area contributed by atoms with Gasteiger partial charge in [0.05, 0.1) is 5.02 Å². The highest BCUT2D eigenvalue weighted by molar-refractivity contribution is 6.32. The summed E-state index contributed by atoms with van der Waals surface area (Å²) in [6, 6.07) is 8.79. The average molecular weight is 395 g/mol. The fourth-order valence-corrected chi connectivity index (χ4v) is 2.42. The highest BCUT2D eigenvalue weighted by Gasteiger charge is 2.18. The number of aryl methyl sites for hydroxylation is 1. The molecule has 0 radical (unpaired) electrons. The Hall–Kier alpha value is -2.64. The minimum atomic E-state index is -0.876. The monoisotopic (exact) mass is 394 g/mol. The molecule has 6 nitrogen and oxygen atoms in total. The number of anilines is 2. The van der Waals surface area contributed by atoms with Crippen molar-refractivity contribution >= 4 is 34.8 Å². The van der Waals surface area contributed by atoms with Gasteiger partial charge in [0.1, 0.15) is 18.2 Å². The fourth-order valence-electron chi connectivity index (χ4n) is 2.21. The number of ether oxygens (including phenoxy) is 2. The number of amides is 2. The summed E-state index contributed by atoms with van der Waals surface area (Å²) in [6.45, 7) is 3.30. The van der Waals surface area contributed by atoms with Gasteiger partial charge in [-0.1, -0.05) is 17.7 Å². The van der Waals surface area contributed by atoms with Gasteiger partial charge in [-0.3, -0.25) is 9.59 Å². The van der Waals surface area contributed by atoms with Gasteiger partial charge in [0.2, 0.25) is 5.91 Å². The Morgan fingerprint density at radius 1 is 1.19 bits per heavy atom. The van der Waals surface area contributed by atoms with E-state index in [4.69, 9.17) is 21.1 Å². The largest absolute Gasteiger partial charge is 0.479 e. The first kappa shape index (κ1) is 20.7. The molecule has 2 N–H and O–H groups in total. The van der Waals surface area contributed by atoms with Gasteiger partial charge in [0, 0.05) is 18.5 Å². The van der Waals surface area contributed by atoms with Crippen LogP contribution in [0.2, 0.25) is 5.02 Å². The molecule has 0 aliphatic carbocycles. The van der Waals surface area contributed by atoms with Crippen molar-refractivity contribution in [1.29, 1.82) is 0 Å². The van der Waals surface area contributed by atoms with Gasteiger partial charge >= 0.3 is 0 Å². The lowest BCUT2D eigenvalue weighted by molar-refractivity contribution is -0.122. The van der Waals surface area contributed by atoms with Gasteiger partial charge in [0.25, 0.3) is 5.91 Å². The fraction of sp³-hybridized carbons (Fsp3) is 0.263. The number of hydrogen-bond acceptors (Lipinski definition) is 4. The van der Waals surface area contributed by atoms with Crippen molar-refractivity contribution in [3.63, 3.8) is 0 Å². The number of halogens is 2. The Morgan fingerprint density at radius 2 is 1.93 bits per heavy atom. The van der Waals surface area contributed by atoms with E-state index in [0.717, 1.165) is 11.6 Å². The van der Waals surface area contributed by atoms with E-state index in [1.807, 2.05) is 6.92 Å². The zero-order valence-electron chi connectivity index (χ0n) is 15.1. The predicted molar refractivity (Wildman–Crippen MR) is 102 cm³/mol. The molecule has 2 rings (SSSR count). The lowest BCUT2D eigenvalue weighted by Gasteiger charge is -2.17. The predicted octanol–water partition coefficient (Wildman–Crippen LogP) is 3.78. The molecule has 0 spiro atoms. The third kappa shape index (κ3) is 5.94. The lowest BCUT2D eigenvalue weighted by Crippen LogP contribution is -2.30. The maximum absolute atomic E-state index is 13.1. The van der Waals surface area contributed by atoms with Gasteiger partial charge in [-0.05, 0) is 49.7 Å². The van der Waals surface area contributed by atoms with Crippen LogP contribution < -0.4 is 15.4 Å². The molecule has 2 amide bonds. The topological polar surface area (TPSA) is 76.7 Å². The second-order valence-corrected chi connectivity index (χ2v) is 6.24. The standard InChI is InChI=1S/C19H20ClFN2O4/c1-11-4-6-14(22-18(24)10-26-3)9-16(11)23-19(25)12(2)27-17-7-5-13(21)8-15(17)20/h4-9,12H,10H2,1-3H3,(H,22,24)(H,23,25). The molecule has 0 saturated heterocycles. The molecule has 0 saturated carbocycles. The van der Waals surface area contributed by atoms with Crippen LogP contribution >= 0.6 is 11.6 Å². The summed E-state index contributed by atoms with van der Waals surface area (Å²) in [4.78, 5) is 24.0. The van der Waals surface area contributed by atoms with Crippen LogP contribution in [0.25, 0.3) is 0 Å². The maximum Gasteiger partial charge on any atom is 0.265 e. The van der Waals surface area contributed by atoms with Gasteiger partial charge in [-0.25, -0.2) is 4.39 Å². The van der Waals surface area contributed by atoms with Crippen molar-refractivity contribution in [2.24, 2.45) is 0 Å². The third-order valence-corrected chi connectivity index (χ3v) is 3.92. The molecule has 1 atom stereocenters. The molecule has 0 aliphatic heterocycles. The zero-order chi connectivity index (χ0) is 20.0. The number of nitrogens with one attached hydrogen (secondary N) is 2. The van der Waals surface area contributed by atoms with Crippen molar-refractivity contribution in [2.75, 3.05) is 24.4 Å². The van der Waals surface area contributed by atoms with Gasteiger partial charge in [-0.2, -0.15) is 0 Å². The number of rotatable bonds is 7. The summed E-state index contributed by atoms with van der Waals surface area (Å²) in [7, 11) is 1.43. The first-order valence-electron chi connectivity index (χ1n) is 8.12. The molecule has 2 aromatic rings. The molecule has 144 valence electrons. The minimum Gasteiger partial charge on any atom is -0.479 e. The molecule has 2 aromatic carbocycles. The average Bonchev–Trinajstić information content (AvgIpc) is 2.60. The molecule has 0 bridgehead atoms. The van der Waals surface area contributed by atoms with Crippen LogP contribution in [-0.2, 0) is 14.3 Å². The van der Waals surface area contributed by atoms with Crippen molar-refractivity contribution in [3.8, 4) is 5.75 Å². The Balaban J connectivity index is 2.06. The normalized spacial score (nSPS) is 11.6. The highest BCUT2D eigenvalue weighted by Crippen LogP contribution is 2.26. The van der Waals surface area contributed by atoms with Crippen molar-refractivity contribution in [2.45, 2.75) is 20.0 Å². The maximum atomic E-state index is 13.1. The first-order valence-corrected chi connectivity index (χ1v) is 8.50. The second kappa shape index (κ2) is 9.34. The molecule has 0 aliphatic rings. The first-order chi connectivity index (χ1) is 12.8. The molecule has 27 heavy (non-hydrogen) atoms. The summed E-state index contributed by atoms with van der Waals surface area (Å²) >= 11 is 5.91. The Kier molecular flexibility index (Phi) is 7.15. The molecule has 1 unspecified atom stereocenters. The second-order valence-electron chi connectivity index (χ2n) is 5.83. The van der Waals surface area contributed by atoms with Crippen LogP contribution in [0.4, 0.5) is 15.8 Å². The molecule has 0 aromatic heterocycles. The van der Waals surface area contributed by atoms with Crippen LogP contribution in [0.5, 0.6) is 5.75 Å². The number of carbonyl (C=O) groups excluding carboxylic acids is 2.